The highest BCUT2D eigenvalue weighted by atomic mass is 15.1. The van der Waals surface area contributed by atoms with E-state index < -0.39 is 0 Å². The van der Waals surface area contributed by atoms with Crippen molar-refractivity contribution < 1.29 is 0 Å². The molecule has 0 spiro atoms. The second-order valence-corrected chi connectivity index (χ2v) is 26.3. The molecule has 19 aromatic rings. The molecule has 4 aromatic heterocycles. The normalized spacial score (nSPS) is 11.5. The molecule has 8 heteroatoms. The molecule has 19 rings (SSSR count). The maximum absolute atomic E-state index is 5.39. The Bertz CT molecular complexity index is 5720. The summed E-state index contributed by atoms with van der Waals surface area (Å²) in [5, 5.41) is 4.57. The van der Waals surface area contributed by atoms with Gasteiger partial charge in [0, 0.05) is 66.3 Å². The van der Waals surface area contributed by atoms with Crippen LogP contribution in [0.3, 0.4) is 0 Å². The first kappa shape index (κ1) is 61.0. The third-order valence-corrected chi connectivity index (χ3v) is 19.8. The quantitative estimate of drug-likeness (QED) is 0.108. The van der Waals surface area contributed by atoms with Gasteiger partial charge in [0.2, 0.25) is 0 Å². The van der Waals surface area contributed by atoms with Gasteiger partial charge in [-0.2, -0.15) is 0 Å². The molecule has 0 saturated carbocycles. The minimum atomic E-state index is 0.549. The molecule has 15 aromatic carbocycles. The highest BCUT2D eigenvalue weighted by Crippen LogP contribution is 2.44. The Labute approximate surface area is 601 Å². The van der Waals surface area contributed by atoms with Crippen LogP contribution in [0.15, 0.2) is 376 Å². The molecule has 4 heterocycles. The molecule has 0 unspecified atom stereocenters. The number of aromatic nitrogens is 8. The summed E-state index contributed by atoms with van der Waals surface area (Å²) in [5.74, 6) is 3.43. The Kier molecular flexibility index (Phi) is 15.4. The molecule has 104 heavy (non-hydrogen) atoms. The van der Waals surface area contributed by atoms with E-state index in [1.165, 1.54) is 0 Å². The summed E-state index contributed by atoms with van der Waals surface area (Å²) in [6, 6.07) is 133. The van der Waals surface area contributed by atoms with Gasteiger partial charge in [0.05, 0.1) is 22.1 Å². The lowest BCUT2D eigenvalue weighted by Gasteiger charge is -2.16. The molecule has 0 bridgehead atoms. The van der Waals surface area contributed by atoms with Crippen molar-refractivity contribution in [2.24, 2.45) is 0 Å². The molecule has 486 valence electrons. The van der Waals surface area contributed by atoms with Gasteiger partial charge < -0.3 is 9.13 Å². The molecule has 0 amide bonds. The van der Waals surface area contributed by atoms with Gasteiger partial charge in [0.15, 0.2) is 34.9 Å². The number of benzene rings is 15. The van der Waals surface area contributed by atoms with Crippen LogP contribution < -0.4 is 0 Å². The Morgan fingerprint density at radius 2 is 0.327 bits per heavy atom. The number of hydrogen-bond acceptors (Lipinski definition) is 6. The van der Waals surface area contributed by atoms with Crippen molar-refractivity contribution >= 4 is 43.6 Å². The Morgan fingerprint density at radius 3 is 0.577 bits per heavy atom. The van der Waals surface area contributed by atoms with Gasteiger partial charge in [-0.05, 0) is 158 Å². The van der Waals surface area contributed by atoms with Crippen molar-refractivity contribution in [1.82, 2.24) is 39.0 Å². The van der Waals surface area contributed by atoms with Crippen LogP contribution in [-0.2, 0) is 0 Å². The van der Waals surface area contributed by atoms with E-state index >= 15 is 0 Å². The molecule has 0 aliphatic carbocycles. The molecule has 0 aliphatic rings. The number of nitrogens with zero attached hydrogens (tertiary/aromatic N) is 8. The maximum Gasteiger partial charge on any atom is 0.164 e. The van der Waals surface area contributed by atoms with E-state index in [1.54, 1.807) is 0 Å². The van der Waals surface area contributed by atoms with Gasteiger partial charge in [-0.3, -0.25) is 0 Å². The number of rotatable bonds is 14. The molecule has 0 aliphatic heterocycles. The summed E-state index contributed by atoms with van der Waals surface area (Å²) < 4.78 is 4.83. The lowest BCUT2D eigenvalue weighted by molar-refractivity contribution is 1.07. The molecule has 8 nitrogen and oxygen atoms in total. The van der Waals surface area contributed by atoms with Crippen molar-refractivity contribution in [3.8, 4) is 146 Å². The molecule has 0 saturated heterocycles. The van der Waals surface area contributed by atoms with Gasteiger partial charge in [-0.25, -0.2) is 29.9 Å². The Hall–Kier alpha value is -14.1. The summed E-state index contributed by atoms with van der Waals surface area (Å²) >= 11 is 0. The van der Waals surface area contributed by atoms with Crippen molar-refractivity contribution in [1.29, 1.82) is 0 Å². The highest BCUT2D eigenvalue weighted by molar-refractivity contribution is 6.13. The molecular formula is C96H62N8. The minimum absolute atomic E-state index is 0.549. The fourth-order valence-electron chi connectivity index (χ4n) is 14.7. The van der Waals surface area contributed by atoms with Gasteiger partial charge >= 0.3 is 0 Å². The monoisotopic (exact) mass is 1330 g/mol. The summed E-state index contributed by atoms with van der Waals surface area (Å²) in [7, 11) is 0. The maximum atomic E-state index is 5.39. The topological polar surface area (TPSA) is 87.2 Å². The average Bonchev–Trinajstić information content (AvgIpc) is 1.58. The van der Waals surface area contributed by atoms with E-state index in [1.807, 2.05) is 72.8 Å². The van der Waals surface area contributed by atoms with E-state index in [-0.39, 0.29) is 0 Å². The van der Waals surface area contributed by atoms with E-state index in [4.69, 9.17) is 29.9 Å². The SMILES string of the molecule is c1ccc(-c2ccc3c(c2)c2cc(-c4ccccc4)ccc2n3-c2cc(-c3cccc(-c4cc(-c5nc(-c6ccccc6)nc(-c6ccccc6)n5)cc(-n5c6ccc(-c7ccccc7)cc6c6cc(-c7ccccc7)ccc65)c4)c3)cc(-c3nc(-c4ccccc4)nc(-c4ccccc4)n3)c2)cc1. The minimum Gasteiger partial charge on any atom is -0.309 e. The van der Waals surface area contributed by atoms with Crippen LogP contribution in [0.2, 0.25) is 0 Å². The van der Waals surface area contributed by atoms with Crippen molar-refractivity contribution in [2.45, 2.75) is 0 Å². The Balaban J connectivity index is 0.850. The fourth-order valence-corrected chi connectivity index (χ4v) is 14.7. The predicted molar refractivity (Wildman–Crippen MR) is 427 cm³/mol. The zero-order valence-corrected chi connectivity index (χ0v) is 56.4. The van der Waals surface area contributed by atoms with Crippen LogP contribution in [-0.4, -0.2) is 39.0 Å². The third-order valence-electron chi connectivity index (χ3n) is 19.8. The zero-order valence-electron chi connectivity index (χ0n) is 56.4. The summed E-state index contributed by atoms with van der Waals surface area (Å²) in [6.45, 7) is 0. The van der Waals surface area contributed by atoms with E-state index in [0.29, 0.717) is 34.9 Å². The summed E-state index contributed by atoms with van der Waals surface area (Å²) in [4.78, 5) is 31.9. The van der Waals surface area contributed by atoms with Crippen LogP contribution in [0, 0.1) is 0 Å². The molecule has 0 radical (unpaired) electrons. The lowest BCUT2D eigenvalue weighted by atomic mass is 9.95. The number of fused-ring (bicyclic) bond motifs is 6. The highest BCUT2D eigenvalue weighted by Gasteiger charge is 2.23. The molecule has 0 fully saturated rings. The van der Waals surface area contributed by atoms with Crippen LogP contribution >= 0.6 is 0 Å². The molecule has 0 atom stereocenters. The first-order chi connectivity index (χ1) is 51.5. The summed E-state index contributed by atoms with van der Waals surface area (Å²) in [5.41, 5.74) is 24.5. The van der Waals surface area contributed by atoms with Gasteiger partial charge in [-0.15, -0.1) is 0 Å². The largest absolute Gasteiger partial charge is 0.309 e. The van der Waals surface area contributed by atoms with Crippen molar-refractivity contribution in [3.05, 3.63) is 376 Å². The van der Waals surface area contributed by atoms with E-state index in [9.17, 15) is 0 Å². The lowest BCUT2D eigenvalue weighted by Crippen LogP contribution is -2.02. The van der Waals surface area contributed by atoms with E-state index in [0.717, 1.165) is 155 Å². The zero-order chi connectivity index (χ0) is 68.9. The van der Waals surface area contributed by atoms with E-state index in [2.05, 4.69) is 312 Å². The summed E-state index contributed by atoms with van der Waals surface area (Å²) in [6.07, 6.45) is 0. The van der Waals surface area contributed by atoms with Crippen LogP contribution in [0.25, 0.3) is 190 Å². The molecular weight excluding hydrogens is 1270 g/mol. The van der Waals surface area contributed by atoms with Gasteiger partial charge in [0.25, 0.3) is 0 Å². The van der Waals surface area contributed by atoms with Crippen molar-refractivity contribution in [2.75, 3.05) is 0 Å². The fraction of sp³-hybridized carbons (Fsp3) is 0. The second kappa shape index (κ2) is 26.2. The first-order valence-electron chi connectivity index (χ1n) is 35.0. The Morgan fingerprint density at radius 1 is 0.135 bits per heavy atom. The smallest absolute Gasteiger partial charge is 0.164 e. The van der Waals surface area contributed by atoms with Crippen LogP contribution in [0.4, 0.5) is 0 Å². The van der Waals surface area contributed by atoms with Crippen LogP contribution in [0.5, 0.6) is 0 Å². The molecule has 0 N–H and O–H groups in total. The number of hydrogen-bond donors (Lipinski definition) is 0. The van der Waals surface area contributed by atoms with Crippen LogP contribution in [0.1, 0.15) is 0 Å². The standard InChI is InChI=1S/C96H62N8/c1-9-26-63(27-10-1)73-44-48-87-83(59-73)84-60-74(64-28-11-2-12-29-64)45-49-88(84)103(87)81-55-77(53-79(57-81)95-99-91(67-34-17-5-18-35-67)97-92(100-95)68-36-19-6-20-37-68)71-42-25-43-72(52-71)78-54-80(96-101-93(69-38-21-7-22-39-69)98-94(102-96)70-40-23-8-24-41-70)58-82(56-78)104-89-50-46-75(65-30-13-3-14-31-65)61-85(89)86-62-76(47-51-90(86)104)66-32-15-4-16-33-66/h1-62H. The first-order valence-corrected chi connectivity index (χ1v) is 35.0. The average molecular weight is 1330 g/mol. The van der Waals surface area contributed by atoms with Gasteiger partial charge in [0.1, 0.15) is 0 Å². The second-order valence-electron chi connectivity index (χ2n) is 26.3. The predicted octanol–water partition coefficient (Wildman–Crippen LogP) is 24.3. The third kappa shape index (κ3) is 11.5. The van der Waals surface area contributed by atoms with Crippen molar-refractivity contribution in [3.63, 3.8) is 0 Å². The van der Waals surface area contributed by atoms with Gasteiger partial charge in [-0.1, -0.05) is 285 Å².